The van der Waals surface area contributed by atoms with E-state index in [1.807, 2.05) is 6.07 Å². The number of carbonyl (C=O) groups excluding carboxylic acids is 1. The molecular weight excluding hydrogens is 326 g/mol. The topological polar surface area (TPSA) is 115 Å². The summed E-state index contributed by atoms with van der Waals surface area (Å²) in [5.41, 5.74) is 0.581. The van der Waals surface area contributed by atoms with Crippen molar-refractivity contribution in [1.82, 2.24) is 4.57 Å². The Balaban J connectivity index is 1.93. The average Bonchev–Trinajstić information content (AvgIpc) is 3.26. The number of nitro groups is 1. The standard InChI is InChI=1S/C17H13N3O5/c21-14-7-5-11(13-6-8-15(20(24)25)19(13)16(22)23)17(14)9-18-12-4-2-1-3-10(12)17/h1-4,6,8-9,11H,5,7H2,(H,22,23). The molecule has 1 aliphatic heterocycles. The van der Waals surface area contributed by atoms with Crippen LogP contribution in [0.5, 0.6) is 0 Å². The monoisotopic (exact) mass is 339 g/mol. The van der Waals surface area contributed by atoms with E-state index in [1.165, 1.54) is 6.07 Å². The molecule has 2 aliphatic rings. The van der Waals surface area contributed by atoms with Gasteiger partial charge < -0.3 is 15.2 Å². The molecule has 2 unspecified atom stereocenters. The van der Waals surface area contributed by atoms with Crippen LogP contribution in [0, 0.1) is 10.1 Å². The summed E-state index contributed by atoms with van der Waals surface area (Å²) in [7, 11) is 0. The number of aliphatic imine (C=N–C) groups is 1. The molecule has 1 spiro atoms. The van der Waals surface area contributed by atoms with Gasteiger partial charge in [-0.3, -0.25) is 9.79 Å². The molecule has 1 aliphatic carbocycles. The zero-order valence-corrected chi connectivity index (χ0v) is 13.0. The maximum absolute atomic E-state index is 12.8. The van der Waals surface area contributed by atoms with Gasteiger partial charge in [0.2, 0.25) is 0 Å². The summed E-state index contributed by atoms with van der Waals surface area (Å²) < 4.78 is 0.666. The van der Waals surface area contributed by atoms with Crippen LogP contribution in [-0.2, 0) is 10.2 Å². The minimum Gasteiger partial charge on any atom is -0.446 e. The second-order valence-electron chi connectivity index (χ2n) is 6.15. The number of para-hydroxylation sites is 1. The Morgan fingerprint density at radius 3 is 2.80 bits per heavy atom. The summed E-state index contributed by atoms with van der Waals surface area (Å²) in [5.74, 6) is -1.09. The van der Waals surface area contributed by atoms with Gasteiger partial charge in [-0.25, -0.2) is 0 Å². The van der Waals surface area contributed by atoms with Gasteiger partial charge in [-0.1, -0.05) is 18.2 Å². The normalized spacial score (nSPS) is 24.0. The molecule has 2 atom stereocenters. The predicted octanol–water partition coefficient (Wildman–Crippen LogP) is 3.02. The SMILES string of the molecule is O=C(O)n1c(C2CCC(=O)C23C=Nc2ccccc23)ccc1[N+](=O)[O-]. The summed E-state index contributed by atoms with van der Waals surface area (Å²) in [4.78, 5) is 39.2. The smallest absolute Gasteiger partial charge is 0.446 e. The van der Waals surface area contributed by atoms with Gasteiger partial charge >= 0.3 is 11.9 Å². The molecule has 1 aromatic heterocycles. The maximum atomic E-state index is 12.8. The highest BCUT2D eigenvalue weighted by molar-refractivity contribution is 6.12. The quantitative estimate of drug-likeness (QED) is 0.667. The zero-order chi connectivity index (χ0) is 17.8. The Morgan fingerprint density at radius 1 is 1.32 bits per heavy atom. The minimum absolute atomic E-state index is 0.0491. The van der Waals surface area contributed by atoms with Gasteiger partial charge in [-0.15, -0.1) is 4.57 Å². The number of hydrogen-bond acceptors (Lipinski definition) is 5. The van der Waals surface area contributed by atoms with Crippen LogP contribution in [0.15, 0.2) is 41.4 Å². The lowest BCUT2D eigenvalue weighted by atomic mass is 9.72. The molecule has 1 saturated carbocycles. The van der Waals surface area contributed by atoms with Gasteiger partial charge in [0.1, 0.15) is 16.9 Å². The number of aromatic nitrogens is 1. The van der Waals surface area contributed by atoms with E-state index in [-0.39, 0.29) is 17.9 Å². The van der Waals surface area contributed by atoms with Crippen LogP contribution in [0.2, 0.25) is 0 Å². The minimum atomic E-state index is -1.44. The molecule has 0 saturated heterocycles. The van der Waals surface area contributed by atoms with Gasteiger partial charge in [-0.2, -0.15) is 4.79 Å². The third-order valence-corrected chi connectivity index (χ3v) is 5.05. The first-order valence-corrected chi connectivity index (χ1v) is 7.74. The first kappa shape index (κ1) is 15.3. The van der Waals surface area contributed by atoms with Crippen LogP contribution < -0.4 is 0 Å². The fraction of sp³-hybridized carbons (Fsp3) is 0.235. The van der Waals surface area contributed by atoms with Crippen molar-refractivity contribution in [3.8, 4) is 0 Å². The van der Waals surface area contributed by atoms with Crippen molar-refractivity contribution in [3.05, 3.63) is 57.8 Å². The molecule has 4 rings (SSSR count). The van der Waals surface area contributed by atoms with E-state index in [1.54, 1.807) is 24.4 Å². The van der Waals surface area contributed by atoms with Crippen molar-refractivity contribution in [3.63, 3.8) is 0 Å². The first-order valence-electron chi connectivity index (χ1n) is 7.74. The average molecular weight is 339 g/mol. The molecular formula is C17H13N3O5. The number of carboxylic acid groups (broad SMARTS) is 1. The van der Waals surface area contributed by atoms with Crippen molar-refractivity contribution in [1.29, 1.82) is 0 Å². The van der Waals surface area contributed by atoms with E-state index < -0.39 is 28.2 Å². The van der Waals surface area contributed by atoms with Crippen LogP contribution in [0.3, 0.4) is 0 Å². The van der Waals surface area contributed by atoms with E-state index in [4.69, 9.17) is 0 Å². The second kappa shape index (κ2) is 5.10. The number of rotatable bonds is 2. The Morgan fingerprint density at radius 2 is 2.08 bits per heavy atom. The first-order chi connectivity index (χ1) is 12.0. The summed E-state index contributed by atoms with van der Waals surface area (Å²) in [6.07, 6.45) is 0.810. The highest BCUT2D eigenvalue weighted by Crippen LogP contribution is 2.53. The lowest BCUT2D eigenvalue weighted by molar-refractivity contribution is -0.390. The fourth-order valence-corrected chi connectivity index (χ4v) is 4.03. The molecule has 25 heavy (non-hydrogen) atoms. The van der Waals surface area contributed by atoms with Crippen molar-refractivity contribution in [2.45, 2.75) is 24.2 Å². The van der Waals surface area contributed by atoms with Gasteiger partial charge in [0.05, 0.1) is 5.69 Å². The highest BCUT2D eigenvalue weighted by atomic mass is 16.6. The van der Waals surface area contributed by atoms with E-state index >= 15 is 0 Å². The third kappa shape index (κ3) is 1.90. The number of Topliss-reactive ketones (excluding diaryl/α,β-unsaturated/α-hetero) is 1. The van der Waals surface area contributed by atoms with Crippen LogP contribution in [-0.4, -0.2) is 32.7 Å². The number of carbonyl (C=O) groups is 2. The molecule has 1 aromatic carbocycles. The van der Waals surface area contributed by atoms with Crippen LogP contribution in [0.25, 0.3) is 0 Å². The van der Waals surface area contributed by atoms with E-state index in [0.29, 0.717) is 16.7 Å². The van der Waals surface area contributed by atoms with Gasteiger partial charge in [0, 0.05) is 24.6 Å². The Bertz CT molecular complexity index is 961. The Kier molecular flexibility index (Phi) is 3.11. The lowest BCUT2D eigenvalue weighted by Gasteiger charge is -2.27. The van der Waals surface area contributed by atoms with Crippen molar-refractivity contribution < 1.29 is 19.6 Å². The largest absolute Gasteiger partial charge is 0.509 e. The summed E-state index contributed by atoms with van der Waals surface area (Å²) in [5, 5.41) is 20.6. The lowest BCUT2D eigenvalue weighted by Crippen LogP contribution is -2.37. The van der Waals surface area contributed by atoms with Crippen molar-refractivity contribution in [2.75, 3.05) is 0 Å². The van der Waals surface area contributed by atoms with Gasteiger partial charge in [-0.05, 0) is 29.0 Å². The van der Waals surface area contributed by atoms with E-state index in [9.17, 15) is 24.8 Å². The van der Waals surface area contributed by atoms with Crippen LogP contribution in [0.1, 0.15) is 30.0 Å². The molecule has 0 bridgehead atoms. The van der Waals surface area contributed by atoms with Crippen LogP contribution >= 0.6 is 0 Å². The molecule has 0 radical (unpaired) electrons. The number of fused-ring (bicyclic) bond motifs is 2. The van der Waals surface area contributed by atoms with E-state index in [0.717, 1.165) is 11.6 Å². The summed E-state index contributed by atoms with van der Waals surface area (Å²) in [6, 6.07) is 9.80. The number of benzene rings is 1. The molecule has 2 aromatic rings. The molecule has 1 fully saturated rings. The second-order valence-corrected chi connectivity index (χ2v) is 6.15. The Labute approximate surface area is 141 Å². The summed E-state index contributed by atoms with van der Waals surface area (Å²) >= 11 is 0. The molecule has 0 amide bonds. The maximum Gasteiger partial charge on any atom is 0.509 e. The highest BCUT2D eigenvalue weighted by Gasteiger charge is 2.56. The summed E-state index contributed by atoms with van der Waals surface area (Å²) in [6.45, 7) is 0. The van der Waals surface area contributed by atoms with Crippen LogP contribution in [0.4, 0.5) is 16.3 Å². The number of ketones is 1. The molecule has 126 valence electrons. The fourth-order valence-electron chi connectivity index (χ4n) is 4.03. The van der Waals surface area contributed by atoms with Gasteiger partial charge in [0.15, 0.2) is 0 Å². The molecule has 8 nitrogen and oxygen atoms in total. The van der Waals surface area contributed by atoms with Crippen molar-refractivity contribution >= 4 is 29.6 Å². The van der Waals surface area contributed by atoms with E-state index in [2.05, 4.69) is 4.99 Å². The number of nitrogens with zero attached hydrogens (tertiary/aromatic N) is 3. The third-order valence-electron chi connectivity index (χ3n) is 5.05. The Hall–Kier alpha value is -3.29. The molecule has 8 heteroatoms. The molecule has 1 N–H and O–H groups in total. The predicted molar refractivity (Wildman–Crippen MR) is 87.8 cm³/mol. The van der Waals surface area contributed by atoms with Gasteiger partial charge in [0.25, 0.3) is 0 Å². The van der Waals surface area contributed by atoms with Crippen molar-refractivity contribution in [2.24, 2.45) is 4.99 Å². The number of hydrogen-bond donors (Lipinski definition) is 1. The zero-order valence-electron chi connectivity index (χ0n) is 13.0. The molecule has 2 heterocycles.